The molecule has 2 aromatic carbocycles. The molecule has 1 heterocycles. The van der Waals surface area contributed by atoms with E-state index >= 15 is 0 Å². The van der Waals surface area contributed by atoms with Gasteiger partial charge in [-0.3, -0.25) is 0 Å². The number of hydrogen-bond donors (Lipinski definition) is 1. The molecule has 0 aliphatic rings. The molecule has 0 saturated heterocycles. The van der Waals surface area contributed by atoms with Gasteiger partial charge in [-0.2, -0.15) is 0 Å². The Morgan fingerprint density at radius 1 is 1.00 bits per heavy atom. The molecule has 0 spiro atoms. The van der Waals surface area contributed by atoms with Crippen LogP contribution in [0.15, 0.2) is 53.3 Å². The maximum absolute atomic E-state index is 12.1. The van der Waals surface area contributed by atoms with E-state index in [0.717, 1.165) is 15.4 Å². The summed E-state index contributed by atoms with van der Waals surface area (Å²) in [5.41, 5.74) is 1.34. The maximum atomic E-state index is 12.1. The lowest BCUT2D eigenvalue weighted by Gasteiger charge is -2.11. The zero-order chi connectivity index (χ0) is 16.4. The smallest absolute Gasteiger partial charge is 0.406 e. The third-order valence-corrected chi connectivity index (χ3v) is 3.44. The van der Waals surface area contributed by atoms with E-state index in [1.165, 1.54) is 30.6 Å². The van der Waals surface area contributed by atoms with Crippen molar-refractivity contribution in [1.29, 1.82) is 0 Å². The molecule has 0 unspecified atom stereocenters. The molecule has 3 aromatic rings. The molecule has 0 saturated carbocycles. The van der Waals surface area contributed by atoms with Crippen LogP contribution in [0.25, 0.3) is 10.9 Å². The third kappa shape index (κ3) is 3.89. The van der Waals surface area contributed by atoms with Gasteiger partial charge in [0, 0.05) is 15.5 Å². The maximum Gasteiger partial charge on any atom is 0.573 e. The van der Waals surface area contributed by atoms with Crippen molar-refractivity contribution >= 4 is 38.3 Å². The highest BCUT2D eigenvalue weighted by atomic mass is 79.9. The summed E-state index contributed by atoms with van der Waals surface area (Å²) in [5.74, 6) is 0.277. The van der Waals surface area contributed by atoms with Crippen LogP contribution in [0.2, 0.25) is 0 Å². The van der Waals surface area contributed by atoms with Gasteiger partial charge >= 0.3 is 6.36 Å². The number of fused-ring (bicyclic) bond motifs is 1. The van der Waals surface area contributed by atoms with Gasteiger partial charge in [0.25, 0.3) is 0 Å². The SMILES string of the molecule is FC(F)(F)Oc1ccc(Nc2ncnc3ccc(Br)cc23)cc1. The van der Waals surface area contributed by atoms with Crippen molar-refractivity contribution in [3.63, 3.8) is 0 Å². The first kappa shape index (κ1) is 15.5. The molecular weight excluding hydrogens is 375 g/mol. The summed E-state index contributed by atoms with van der Waals surface area (Å²) < 4.78 is 41.1. The lowest BCUT2D eigenvalue weighted by atomic mass is 10.2. The molecule has 4 nitrogen and oxygen atoms in total. The summed E-state index contributed by atoms with van der Waals surface area (Å²) in [7, 11) is 0. The summed E-state index contributed by atoms with van der Waals surface area (Å²) in [5, 5.41) is 3.84. The first-order chi connectivity index (χ1) is 10.9. The number of benzene rings is 2. The van der Waals surface area contributed by atoms with E-state index in [1.54, 1.807) is 0 Å². The van der Waals surface area contributed by atoms with E-state index in [2.05, 4.69) is 36.0 Å². The van der Waals surface area contributed by atoms with E-state index in [1.807, 2.05) is 18.2 Å². The highest BCUT2D eigenvalue weighted by Gasteiger charge is 2.30. The zero-order valence-corrected chi connectivity index (χ0v) is 13.0. The molecule has 23 heavy (non-hydrogen) atoms. The number of ether oxygens (including phenoxy) is 1. The molecule has 1 aromatic heterocycles. The fourth-order valence-electron chi connectivity index (χ4n) is 2.01. The highest BCUT2D eigenvalue weighted by molar-refractivity contribution is 9.10. The van der Waals surface area contributed by atoms with Gasteiger partial charge < -0.3 is 10.1 Å². The topological polar surface area (TPSA) is 47.0 Å². The molecule has 0 fully saturated rings. The Morgan fingerprint density at radius 3 is 2.43 bits per heavy atom. The molecule has 3 rings (SSSR count). The zero-order valence-electron chi connectivity index (χ0n) is 11.4. The minimum absolute atomic E-state index is 0.279. The number of nitrogens with zero attached hydrogens (tertiary/aromatic N) is 2. The van der Waals surface area contributed by atoms with Gasteiger partial charge in [0.15, 0.2) is 0 Å². The molecule has 118 valence electrons. The van der Waals surface area contributed by atoms with Crippen LogP contribution in [0.4, 0.5) is 24.7 Å². The average molecular weight is 384 g/mol. The van der Waals surface area contributed by atoms with Crippen LogP contribution in [0.3, 0.4) is 0 Å². The number of rotatable bonds is 3. The second-order valence-electron chi connectivity index (χ2n) is 4.58. The van der Waals surface area contributed by atoms with E-state index in [0.29, 0.717) is 11.5 Å². The standard InChI is InChI=1S/C15H9BrF3N3O/c16-9-1-6-13-12(7-9)14(21-8-20-13)22-10-2-4-11(5-3-10)23-15(17,18)19/h1-8H,(H,20,21,22). The number of anilines is 2. The quantitative estimate of drug-likeness (QED) is 0.688. The summed E-state index contributed by atoms with van der Waals surface area (Å²) in [6.45, 7) is 0. The van der Waals surface area contributed by atoms with Crippen molar-refractivity contribution in [2.45, 2.75) is 6.36 Å². The summed E-state index contributed by atoms with van der Waals surface area (Å²) >= 11 is 3.38. The van der Waals surface area contributed by atoms with Gasteiger partial charge in [-0.1, -0.05) is 15.9 Å². The Hall–Kier alpha value is -2.35. The predicted octanol–water partition coefficient (Wildman–Crippen LogP) is 5.03. The van der Waals surface area contributed by atoms with Gasteiger partial charge in [0.05, 0.1) is 5.52 Å². The first-order valence-electron chi connectivity index (χ1n) is 6.44. The Balaban J connectivity index is 1.86. The summed E-state index contributed by atoms with van der Waals surface area (Å²) in [4.78, 5) is 8.33. The van der Waals surface area contributed by atoms with Crippen molar-refractivity contribution in [3.8, 4) is 5.75 Å². The number of alkyl halides is 3. The Morgan fingerprint density at radius 2 is 1.74 bits per heavy atom. The van der Waals surface area contributed by atoms with Crippen molar-refractivity contribution in [2.24, 2.45) is 0 Å². The van der Waals surface area contributed by atoms with Crippen molar-refractivity contribution in [2.75, 3.05) is 5.32 Å². The third-order valence-electron chi connectivity index (χ3n) is 2.95. The molecule has 0 bridgehead atoms. The van der Waals surface area contributed by atoms with Crippen LogP contribution in [0, 0.1) is 0 Å². The van der Waals surface area contributed by atoms with Gasteiger partial charge in [-0.25, -0.2) is 9.97 Å². The second-order valence-corrected chi connectivity index (χ2v) is 5.50. The molecule has 8 heteroatoms. The molecule has 0 radical (unpaired) electrons. The lowest BCUT2D eigenvalue weighted by Crippen LogP contribution is -2.16. The summed E-state index contributed by atoms with van der Waals surface area (Å²) in [6.07, 6.45) is -3.29. The van der Waals surface area contributed by atoms with Crippen LogP contribution >= 0.6 is 15.9 Å². The Bertz CT molecular complexity index is 837. The van der Waals surface area contributed by atoms with Gasteiger partial charge in [0.2, 0.25) is 0 Å². The number of halogens is 4. The van der Waals surface area contributed by atoms with Crippen molar-refractivity contribution in [1.82, 2.24) is 9.97 Å². The lowest BCUT2D eigenvalue weighted by molar-refractivity contribution is -0.274. The minimum atomic E-state index is -4.70. The number of aromatic nitrogens is 2. The number of nitrogens with one attached hydrogen (secondary N) is 1. The van der Waals surface area contributed by atoms with Crippen LogP contribution < -0.4 is 10.1 Å². The fourth-order valence-corrected chi connectivity index (χ4v) is 2.37. The fraction of sp³-hybridized carbons (Fsp3) is 0.0667. The van der Waals surface area contributed by atoms with Crippen LogP contribution in [-0.2, 0) is 0 Å². The van der Waals surface area contributed by atoms with E-state index < -0.39 is 6.36 Å². The van der Waals surface area contributed by atoms with Crippen molar-refractivity contribution < 1.29 is 17.9 Å². The van der Waals surface area contributed by atoms with Crippen molar-refractivity contribution in [3.05, 3.63) is 53.3 Å². The van der Waals surface area contributed by atoms with Crippen LogP contribution in [0.1, 0.15) is 0 Å². The molecule has 1 N–H and O–H groups in total. The number of hydrogen-bond acceptors (Lipinski definition) is 4. The monoisotopic (exact) mass is 383 g/mol. The van der Waals surface area contributed by atoms with E-state index in [-0.39, 0.29) is 5.75 Å². The molecule has 0 aliphatic carbocycles. The molecule has 0 amide bonds. The van der Waals surface area contributed by atoms with E-state index in [4.69, 9.17) is 0 Å². The summed E-state index contributed by atoms with van der Waals surface area (Å²) in [6, 6.07) is 11.0. The molecular formula is C15H9BrF3N3O. The molecule has 0 atom stereocenters. The van der Waals surface area contributed by atoms with Gasteiger partial charge in [0.1, 0.15) is 17.9 Å². The minimum Gasteiger partial charge on any atom is -0.406 e. The Labute approximate surface area is 137 Å². The molecule has 0 aliphatic heterocycles. The normalized spacial score (nSPS) is 11.5. The van der Waals surface area contributed by atoms with E-state index in [9.17, 15) is 13.2 Å². The predicted molar refractivity (Wildman–Crippen MR) is 83.6 cm³/mol. The van der Waals surface area contributed by atoms with Crippen LogP contribution in [0.5, 0.6) is 5.75 Å². The first-order valence-corrected chi connectivity index (χ1v) is 7.23. The Kier molecular flexibility index (Phi) is 4.08. The highest BCUT2D eigenvalue weighted by Crippen LogP contribution is 2.28. The largest absolute Gasteiger partial charge is 0.573 e. The average Bonchev–Trinajstić information content (AvgIpc) is 2.48. The van der Waals surface area contributed by atoms with Gasteiger partial charge in [-0.15, -0.1) is 13.2 Å². The second kappa shape index (κ2) is 6.04. The van der Waals surface area contributed by atoms with Crippen LogP contribution in [-0.4, -0.2) is 16.3 Å². The van der Waals surface area contributed by atoms with Gasteiger partial charge in [-0.05, 0) is 42.5 Å².